The first-order valence-corrected chi connectivity index (χ1v) is 10.1. The van der Waals surface area contributed by atoms with E-state index in [0.717, 1.165) is 17.0 Å². The maximum Gasteiger partial charge on any atom is 0.228 e. The van der Waals surface area contributed by atoms with Gasteiger partial charge in [0.1, 0.15) is 11.5 Å². The Morgan fingerprint density at radius 1 is 0.935 bits per heavy atom. The number of pyridine rings is 1. The summed E-state index contributed by atoms with van der Waals surface area (Å²) in [4.78, 5) is 21.0. The van der Waals surface area contributed by atoms with Gasteiger partial charge in [0.05, 0.1) is 6.42 Å². The van der Waals surface area contributed by atoms with Crippen LogP contribution in [-0.2, 0) is 11.2 Å². The normalized spacial score (nSPS) is 14.1. The fourth-order valence-corrected chi connectivity index (χ4v) is 3.63. The lowest BCUT2D eigenvalue weighted by atomic mass is 10.1. The predicted molar refractivity (Wildman–Crippen MR) is 116 cm³/mol. The van der Waals surface area contributed by atoms with Crippen LogP contribution in [0.5, 0.6) is 0 Å². The van der Waals surface area contributed by atoms with E-state index in [1.165, 1.54) is 0 Å². The van der Waals surface area contributed by atoms with Gasteiger partial charge in [-0.1, -0.05) is 23.4 Å². The second-order valence-electron chi connectivity index (χ2n) is 7.29. The van der Waals surface area contributed by atoms with Crippen LogP contribution in [-0.4, -0.2) is 57.3 Å². The third kappa shape index (κ3) is 4.16. The number of carbonyl (C=O) groups is 1. The fraction of sp³-hybridized carbons (Fsp3) is 0.227. The number of carbonyl (C=O) groups excluding carboxylic acids is 1. The van der Waals surface area contributed by atoms with Gasteiger partial charge >= 0.3 is 0 Å². The van der Waals surface area contributed by atoms with Crippen molar-refractivity contribution in [1.82, 2.24) is 25.2 Å². The largest absolute Gasteiger partial charge is 0.356 e. The molecule has 1 N–H and O–H groups in total. The molecule has 0 unspecified atom stereocenters. The molecule has 0 saturated carbocycles. The van der Waals surface area contributed by atoms with Crippen LogP contribution in [0, 0.1) is 0 Å². The number of hydrogen-bond acceptors (Lipinski definition) is 8. The van der Waals surface area contributed by atoms with Crippen LogP contribution >= 0.6 is 0 Å². The standard InChI is InChI=1S/C22H21N7O2/c30-22(15-17-16-5-1-2-6-18(16)31-27-17)29-13-11-28(12-14-29)21-9-8-20(25-26-21)24-19-7-3-4-10-23-19/h1-10H,11-15H2,(H,23,24,25). The average molecular weight is 415 g/mol. The van der Waals surface area contributed by atoms with Gasteiger partial charge in [0.15, 0.2) is 17.2 Å². The Balaban J connectivity index is 1.17. The molecule has 31 heavy (non-hydrogen) atoms. The Morgan fingerprint density at radius 3 is 2.55 bits per heavy atom. The van der Waals surface area contributed by atoms with E-state index >= 15 is 0 Å². The molecule has 0 bridgehead atoms. The van der Waals surface area contributed by atoms with Gasteiger partial charge in [-0.3, -0.25) is 4.79 Å². The van der Waals surface area contributed by atoms with Crippen molar-refractivity contribution in [2.24, 2.45) is 0 Å². The first-order chi connectivity index (χ1) is 15.3. The number of para-hydroxylation sites is 1. The molecule has 1 fully saturated rings. The van der Waals surface area contributed by atoms with Gasteiger partial charge in [-0.2, -0.15) is 0 Å². The summed E-state index contributed by atoms with van der Waals surface area (Å²) in [5.74, 6) is 2.20. The molecule has 3 aromatic heterocycles. The minimum atomic E-state index is 0.0553. The zero-order valence-corrected chi connectivity index (χ0v) is 16.8. The van der Waals surface area contributed by atoms with Crippen molar-refractivity contribution < 1.29 is 9.32 Å². The Hall–Kier alpha value is -4.01. The average Bonchev–Trinajstić information content (AvgIpc) is 3.23. The molecular weight excluding hydrogens is 394 g/mol. The lowest BCUT2D eigenvalue weighted by Crippen LogP contribution is -2.49. The number of nitrogens with zero attached hydrogens (tertiary/aromatic N) is 6. The molecule has 0 aliphatic carbocycles. The van der Waals surface area contributed by atoms with E-state index in [1.54, 1.807) is 6.20 Å². The summed E-state index contributed by atoms with van der Waals surface area (Å²) in [7, 11) is 0. The molecule has 1 aliphatic heterocycles. The summed E-state index contributed by atoms with van der Waals surface area (Å²) in [5.41, 5.74) is 1.39. The van der Waals surface area contributed by atoms with E-state index in [2.05, 4.69) is 30.6 Å². The van der Waals surface area contributed by atoms with Gasteiger partial charge in [-0.15, -0.1) is 10.2 Å². The molecule has 4 heterocycles. The lowest BCUT2D eigenvalue weighted by molar-refractivity contribution is -0.130. The van der Waals surface area contributed by atoms with Crippen molar-refractivity contribution in [1.29, 1.82) is 0 Å². The van der Waals surface area contributed by atoms with Crippen molar-refractivity contribution in [3.8, 4) is 0 Å². The molecule has 1 saturated heterocycles. The highest BCUT2D eigenvalue weighted by Gasteiger charge is 2.23. The highest BCUT2D eigenvalue weighted by atomic mass is 16.5. The zero-order chi connectivity index (χ0) is 21.0. The Kier molecular flexibility index (Phi) is 5.14. The number of aromatic nitrogens is 4. The third-order valence-corrected chi connectivity index (χ3v) is 5.30. The Bertz CT molecular complexity index is 1170. The molecule has 1 aromatic carbocycles. The topological polar surface area (TPSA) is 100 Å². The van der Waals surface area contributed by atoms with Gasteiger partial charge in [-0.25, -0.2) is 4.98 Å². The first-order valence-electron chi connectivity index (χ1n) is 10.1. The fourth-order valence-electron chi connectivity index (χ4n) is 3.63. The molecule has 0 atom stereocenters. The van der Waals surface area contributed by atoms with Crippen molar-refractivity contribution >= 4 is 34.3 Å². The SMILES string of the molecule is O=C(Cc1noc2ccccc12)N1CCN(c2ccc(Nc3ccccn3)nn2)CC1. The summed E-state index contributed by atoms with van der Waals surface area (Å²) in [6.45, 7) is 2.66. The molecule has 156 valence electrons. The first kappa shape index (κ1) is 19.0. The number of benzene rings is 1. The maximum absolute atomic E-state index is 12.8. The molecule has 0 radical (unpaired) electrons. The zero-order valence-electron chi connectivity index (χ0n) is 16.8. The van der Waals surface area contributed by atoms with Crippen LogP contribution in [0.4, 0.5) is 17.5 Å². The quantitative estimate of drug-likeness (QED) is 0.531. The van der Waals surface area contributed by atoms with E-state index in [0.29, 0.717) is 43.3 Å². The summed E-state index contributed by atoms with van der Waals surface area (Å²) >= 11 is 0. The second kappa shape index (κ2) is 8.39. The molecule has 0 spiro atoms. The lowest BCUT2D eigenvalue weighted by Gasteiger charge is -2.35. The number of amides is 1. The van der Waals surface area contributed by atoms with Gasteiger partial charge in [-0.05, 0) is 36.4 Å². The second-order valence-corrected chi connectivity index (χ2v) is 7.29. The van der Waals surface area contributed by atoms with E-state index in [-0.39, 0.29) is 12.3 Å². The highest BCUT2D eigenvalue weighted by Crippen LogP contribution is 2.20. The van der Waals surface area contributed by atoms with Crippen molar-refractivity contribution in [3.63, 3.8) is 0 Å². The number of anilines is 3. The summed E-state index contributed by atoms with van der Waals surface area (Å²) in [5, 5.41) is 16.6. The van der Waals surface area contributed by atoms with Gasteiger partial charge < -0.3 is 19.6 Å². The summed E-state index contributed by atoms with van der Waals surface area (Å²) < 4.78 is 5.31. The molecule has 1 aliphatic rings. The van der Waals surface area contributed by atoms with Crippen molar-refractivity contribution in [2.45, 2.75) is 6.42 Å². The van der Waals surface area contributed by atoms with Crippen LogP contribution in [0.15, 0.2) is 65.3 Å². The van der Waals surface area contributed by atoms with E-state index < -0.39 is 0 Å². The van der Waals surface area contributed by atoms with Gasteiger partial charge in [0.2, 0.25) is 5.91 Å². The Labute approximate surface area is 178 Å². The number of piperazine rings is 1. The minimum Gasteiger partial charge on any atom is -0.356 e. The molecular formula is C22H21N7O2. The maximum atomic E-state index is 12.8. The monoisotopic (exact) mass is 415 g/mol. The van der Waals surface area contributed by atoms with E-state index in [1.807, 2.05) is 59.5 Å². The molecule has 9 heteroatoms. The van der Waals surface area contributed by atoms with Crippen LogP contribution in [0.3, 0.4) is 0 Å². The molecule has 1 amide bonds. The van der Waals surface area contributed by atoms with Crippen molar-refractivity contribution in [3.05, 3.63) is 66.5 Å². The molecule has 4 aromatic rings. The van der Waals surface area contributed by atoms with E-state index in [4.69, 9.17) is 4.52 Å². The van der Waals surface area contributed by atoms with Gasteiger partial charge in [0.25, 0.3) is 0 Å². The van der Waals surface area contributed by atoms with Crippen LogP contribution in [0.1, 0.15) is 5.69 Å². The number of rotatable bonds is 5. The highest BCUT2D eigenvalue weighted by molar-refractivity contribution is 5.86. The molecule has 5 rings (SSSR count). The third-order valence-electron chi connectivity index (χ3n) is 5.30. The van der Waals surface area contributed by atoms with Crippen LogP contribution < -0.4 is 10.2 Å². The predicted octanol–water partition coefficient (Wildman–Crippen LogP) is 2.65. The summed E-state index contributed by atoms with van der Waals surface area (Å²) in [6.07, 6.45) is 1.96. The smallest absolute Gasteiger partial charge is 0.228 e. The minimum absolute atomic E-state index is 0.0553. The number of hydrogen-bond donors (Lipinski definition) is 1. The van der Waals surface area contributed by atoms with Crippen molar-refractivity contribution in [2.75, 3.05) is 36.4 Å². The summed E-state index contributed by atoms with van der Waals surface area (Å²) in [6, 6.07) is 17.0. The van der Waals surface area contributed by atoms with Gasteiger partial charge in [0, 0.05) is 37.8 Å². The van der Waals surface area contributed by atoms with Crippen LogP contribution in [0.25, 0.3) is 11.0 Å². The number of fused-ring (bicyclic) bond motifs is 1. The van der Waals surface area contributed by atoms with Crippen LogP contribution in [0.2, 0.25) is 0 Å². The Morgan fingerprint density at radius 2 is 1.77 bits per heavy atom. The van der Waals surface area contributed by atoms with E-state index in [9.17, 15) is 4.79 Å². The molecule has 9 nitrogen and oxygen atoms in total. The number of nitrogens with one attached hydrogen (secondary N) is 1.